The van der Waals surface area contributed by atoms with Crippen molar-refractivity contribution in [2.75, 3.05) is 22.7 Å². The number of benzene rings is 1. The van der Waals surface area contributed by atoms with Gasteiger partial charge in [0.1, 0.15) is 5.69 Å². The van der Waals surface area contributed by atoms with Crippen molar-refractivity contribution in [2.24, 2.45) is 10.2 Å². The Morgan fingerprint density at radius 1 is 1.24 bits per heavy atom. The van der Waals surface area contributed by atoms with Crippen molar-refractivity contribution in [1.82, 2.24) is 4.98 Å². The number of aromatic nitrogens is 1. The summed E-state index contributed by atoms with van der Waals surface area (Å²) in [5.74, 6) is 0.258. The number of hydrogen-bond acceptors (Lipinski definition) is 6. The SMILES string of the molecule is CCN1CCCc2cc(N=Nc3ccc(C)cn3)c(NS(=O)(=O)C(F)(F)F)cc21. The van der Waals surface area contributed by atoms with Crippen LogP contribution in [0, 0.1) is 6.92 Å². The van der Waals surface area contributed by atoms with E-state index in [-0.39, 0.29) is 17.2 Å². The van der Waals surface area contributed by atoms with Crippen LogP contribution in [-0.2, 0) is 16.4 Å². The molecule has 2 heterocycles. The third-order valence-corrected chi connectivity index (χ3v) is 5.60. The van der Waals surface area contributed by atoms with Crippen molar-refractivity contribution >= 4 is 32.9 Å². The van der Waals surface area contributed by atoms with Crippen molar-refractivity contribution in [2.45, 2.75) is 32.2 Å². The Labute approximate surface area is 166 Å². The molecule has 2 aromatic rings. The summed E-state index contributed by atoms with van der Waals surface area (Å²) in [7, 11) is -5.60. The van der Waals surface area contributed by atoms with Gasteiger partial charge in [-0.2, -0.15) is 21.6 Å². The molecule has 0 bridgehead atoms. The number of azo groups is 1. The summed E-state index contributed by atoms with van der Waals surface area (Å²) in [6, 6.07) is 6.33. The lowest BCUT2D eigenvalue weighted by molar-refractivity contribution is -0.0429. The smallest absolute Gasteiger partial charge is 0.372 e. The Balaban J connectivity index is 2.06. The molecule has 0 radical (unpaired) electrons. The molecule has 11 heteroatoms. The highest BCUT2D eigenvalue weighted by Gasteiger charge is 2.46. The first-order valence-corrected chi connectivity index (χ1v) is 10.4. The molecule has 1 aliphatic rings. The van der Waals surface area contributed by atoms with E-state index in [1.54, 1.807) is 29.1 Å². The maximum atomic E-state index is 12.9. The summed E-state index contributed by atoms with van der Waals surface area (Å²) in [6.45, 7) is 5.15. The van der Waals surface area contributed by atoms with Crippen LogP contribution in [-0.4, -0.2) is 32.0 Å². The summed E-state index contributed by atoms with van der Waals surface area (Å²) in [6.07, 6.45) is 3.17. The zero-order valence-electron chi connectivity index (χ0n) is 15.9. The van der Waals surface area contributed by atoms with E-state index in [0.717, 1.165) is 24.1 Å². The van der Waals surface area contributed by atoms with Crippen LogP contribution in [0.25, 0.3) is 0 Å². The van der Waals surface area contributed by atoms with Gasteiger partial charge in [-0.15, -0.1) is 10.2 Å². The highest BCUT2D eigenvalue weighted by molar-refractivity contribution is 7.93. The fourth-order valence-electron chi connectivity index (χ4n) is 3.02. The highest BCUT2D eigenvalue weighted by Crippen LogP contribution is 2.39. The lowest BCUT2D eigenvalue weighted by Gasteiger charge is -2.31. The predicted molar refractivity (Wildman–Crippen MR) is 104 cm³/mol. The molecule has 0 atom stereocenters. The van der Waals surface area contributed by atoms with Crippen LogP contribution in [0.4, 0.5) is 36.1 Å². The van der Waals surface area contributed by atoms with E-state index in [2.05, 4.69) is 15.2 Å². The van der Waals surface area contributed by atoms with Crippen LogP contribution >= 0.6 is 0 Å². The van der Waals surface area contributed by atoms with Gasteiger partial charge in [0, 0.05) is 25.0 Å². The van der Waals surface area contributed by atoms with E-state index < -0.39 is 15.5 Å². The number of alkyl halides is 3. The Morgan fingerprint density at radius 2 is 2.00 bits per heavy atom. The highest BCUT2D eigenvalue weighted by atomic mass is 32.2. The lowest BCUT2D eigenvalue weighted by Crippen LogP contribution is -2.31. The summed E-state index contributed by atoms with van der Waals surface area (Å²) in [5.41, 5.74) is -3.25. The van der Waals surface area contributed by atoms with E-state index in [9.17, 15) is 21.6 Å². The van der Waals surface area contributed by atoms with Crippen molar-refractivity contribution in [3.05, 3.63) is 41.6 Å². The largest absolute Gasteiger partial charge is 0.516 e. The minimum atomic E-state index is -5.60. The van der Waals surface area contributed by atoms with E-state index in [1.807, 2.05) is 18.7 Å². The normalized spacial score (nSPS) is 14.9. The molecule has 0 unspecified atom stereocenters. The number of halogens is 3. The number of nitrogens with zero attached hydrogens (tertiary/aromatic N) is 4. The molecule has 1 aliphatic heterocycles. The number of pyridine rings is 1. The van der Waals surface area contributed by atoms with E-state index in [0.29, 0.717) is 18.7 Å². The van der Waals surface area contributed by atoms with Crippen molar-refractivity contribution in [3.8, 4) is 0 Å². The van der Waals surface area contributed by atoms with Crippen LogP contribution in [0.1, 0.15) is 24.5 Å². The van der Waals surface area contributed by atoms with Crippen molar-refractivity contribution in [1.29, 1.82) is 0 Å². The number of aryl methyl sites for hydroxylation is 2. The molecule has 0 spiro atoms. The van der Waals surface area contributed by atoms with Gasteiger partial charge in [0.2, 0.25) is 0 Å². The first-order valence-electron chi connectivity index (χ1n) is 8.96. The maximum Gasteiger partial charge on any atom is 0.516 e. The van der Waals surface area contributed by atoms with Gasteiger partial charge in [-0.1, -0.05) is 6.07 Å². The number of fused-ring (bicyclic) bond motifs is 1. The second-order valence-corrected chi connectivity index (χ2v) is 8.30. The molecule has 29 heavy (non-hydrogen) atoms. The van der Waals surface area contributed by atoms with Gasteiger partial charge < -0.3 is 4.90 Å². The Hall–Kier alpha value is -2.69. The molecule has 0 amide bonds. The summed E-state index contributed by atoms with van der Waals surface area (Å²) in [5, 5.41) is 7.92. The molecule has 3 rings (SSSR count). The third-order valence-electron chi connectivity index (χ3n) is 4.50. The van der Waals surface area contributed by atoms with Gasteiger partial charge >= 0.3 is 15.5 Å². The molecule has 1 N–H and O–H groups in total. The van der Waals surface area contributed by atoms with Gasteiger partial charge in [0.25, 0.3) is 0 Å². The van der Waals surface area contributed by atoms with Crippen molar-refractivity contribution in [3.63, 3.8) is 0 Å². The quantitative estimate of drug-likeness (QED) is 0.692. The number of sulfonamides is 1. The second kappa shape index (κ2) is 7.97. The first kappa shape index (κ1) is 21.0. The van der Waals surface area contributed by atoms with Crippen LogP contribution < -0.4 is 9.62 Å². The van der Waals surface area contributed by atoms with Crippen molar-refractivity contribution < 1.29 is 21.6 Å². The topological polar surface area (TPSA) is 87.0 Å². The third kappa shape index (κ3) is 4.66. The standard InChI is InChI=1S/C18H20F3N5O2S/c1-3-26-8-4-5-13-9-14(23-24-17-7-6-12(2)11-22-17)15(10-16(13)26)25-29(27,28)18(19,20)21/h6-7,9-11,25H,3-5,8H2,1-2H3. The van der Waals surface area contributed by atoms with Gasteiger partial charge in [-0.05, 0) is 56.0 Å². The molecule has 1 aromatic carbocycles. The first-order chi connectivity index (χ1) is 13.6. The monoisotopic (exact) mass is 427 g/mol. The van der Waals surface area contributed by atoms with Gasteiger partial charge in [0.15, 0.2) is 5.82 Å². The number of hydrogen-bond donors (Lipinski definition) is 1. The fraction of sp³-hybridized carbons (Fsp3) is 0.389. The second-order valence-electron chi connectivity index (χ2n) is 6.63. The van der Waals surface area contributed by atoms with E-state index in [1.165, 1.54) is 6.07 Å². The number of anilines is 2. The zero-order chi connectivity index (χ0) is 21.2. The number of rotatable bonds is 5. The van der Waals surface area contributed by atoms with E-state index in [4.69, 9.17) is 0 Å². The van der Waals surface area contributed by atoms with Crippen LogP contribution in [0.5, 0.6) is 0 Å². The van der Waals surface area contributed by atoms with Gasteiger partial charge in [0.05, 0.1) is 5.69 Å². The molecule has 0 aliphatic carbocycles. The molecule has 156 valence electrons. The average Bonchev–Trinajstić information content (AvgIpc) is 2.66. The minimum Gasteiger partial charge on any atom is -0.372 e. The summed E-state index contributed by atoms with van der Waals surface area (Å²) in [4.78, 5) is 6.04. The van der Waals surface area contributed by atoms with Gasteiger partial charge in [-0.3, -0.25) is 4.72 Å². The molecule has 1 aromatic heterocycles. The Morgan fingerprint density at radius 3 is 2.62 bits per heavy atom. The molecular formula is C18H20F3N5O2S. The van der Waals surface area contributed by atoms with E-state index >= 15 is 0 Å². The summed E-state index contributed by atoms with van der Waals surface area (Å²) >= 11 is 0. The van der Waals surface area contributed by atoms with Crippen LogP contribution in [0.15, 0.2) is 40.7 Å². The molecule has 0 saturated carbocycles. The summed E-state index contributed by atoms with van der Waals surface area (Å²) < 4.78 is 63.6. The zero-order valence-corrected chi connectivity index (χ0v) is 16.7. The molecular weight excluding hydrogens is 407 g/mol. The Bertz CT molecular complexity index is 1020. The fourth-order valence-corrected chi connectivity index (χ4v) is 3.58. The molecule has 7 nitrogen and oxygen atoms in total. The lowest BCUT2D eigenvalue weighted by atomic mass is 10.0. The Kier molecular flexibility index (Phi) is 5.78. The molecule has 0 fully saturated rings. The van der Waals surface area contributed by atoms with Gasteiger partial charge in [-0.25, -0.2) is 4.98 Å². The maximum absolute atomic E-state index is 12.9. The average molecular weight is 427 g/mol. The number of nitrogens with one attached hydrogen (secondary N) is 1. The van der Waals surface area contributed by atoms with Crippen LogP contribution in [0.3, 0.4) is 0 Å². The minimum absolute atomic E-state index is 0.00287. The predicted octanol–water partition coefficient (Wildman–Crippen LogP) is 4.84. The van der Waals surface area contributed by atoms with Crippen LogP contribution in [0.2, 0.25) is 0 Å². The molecule has 0 saturated heterocycles.